The van der Waals surface area contributed by atoms with Gasteiger partial charge >= 0.3 is 0 Å². The van der Waals surface area contributed by atoms with Crippen LogP contribution in [0.25, 0.3) is 11.0 Å². The first-order valence-corrected chi connectivity index (χ1v) is 7.94. The van der Waals surface area contributed by atoms with Gasteiger partial charge in [0, 0.05) is 24.8 Å². The predicted octanol–water partition coefficient (Wildman–Crippen LogP) is 3.89. The second-order valence-electron chi connectivity index (χ2n) is 6.03. The number of hydrogen-bond acceptors (Lipinski definition) is 4. The second kappa shape index (κ2) is 5.74. The predicted molar refractivity (Wildman–Crippen MR) is 89.7 cm³/mol. The SMILES string of the molecule is Cc1cc2c(Nc3ccc(F)cc3F)nc(N3CCCC3)nc2[nH]1. The summed E-state index contributed by atoms with van der Waals surface area (Å²) in [7, 11) is 0. The fraction of sp³-hybridized carbons (Fsp3) is 0.294. The molecule has 1 saturated heterocycles. The molecule has 3 heterocycles. The maximum Gasteiger partial charge on any atom is 0.229 e. The first-order chi connectivity index (χ1) is 11.6. The fourth-order valence-electron chi connectivity index (χ4n) is 3.00. The Balaban J connectivity index is 1.79. The van der Waals surface area contributed by atoms with Gasteiger partial charge < -0.3 is 15.2 Å². The molecule has 0 unspecified atom stereocenters. The van der Waals surface area contributed by atoms with Gasteiger partial charge in [-0.2, -0.15) is 9.97 Å². The first kappa shape index (κ1) is 14.9. The molecule has 24 heavy (non-hydrogen) atoms. The number of nitrogens with zero attached hydrogens (tertiary/aromatic N) is 3. The van der Waals surface area contributed by atoms with Gasteiger partial charge in [0.1, 0.15) is 23.1 Å². The van der Waals surface area contributed by atoms with Crippen LogP contribution in [0.15, 0.2) is 24.3 Å². The third-order valence-electron chi connectivity index (χ3n) is 4.18. The highest BCUT2D eigenvalue weighted by Crippen LogP contribution is 2.29. The molecule has 2 N–H and O–H groups in total. The third kappa shape index (κ3) is 2.66. The van der Waals surface area contributed by atoms with Gasteiger partial charge in [-0.15, -0.1) is 0 Å². The highest BCUT2D eigenvalue weighted by Gasteiger charge is 2.19. The molecule has 0 aliphatic carbocycles. The van der Waals surface area contributed by atoms with Crippen LogP contribution < -0.4 is 10.2 Å². The molecule has 1 aliphatic heterocycles. The maximum absolute atomic E-state index is 14.0. The fourth-order valence-corrected chi connectivity index (χ4v) is 3.00. The molecule has 1 aromatic carbocycles. The molecule has 124 valence electrons. The van der Waals surface area contributed by atoms with Crippen molar-refractivity contribution < 1.29 is 8.78 Å². The van der Waals surface area contributed by atoms with E-state index in [1.165, 1.54) is 12.1 Å². The van der Waals surface area contributed by atoms with Crippen LogP contribution in [-0.2, 0) is 0 Å². The number of halogens is 2. The highest BCUT2D eigenvalue weighted by molar-refractivity contribution is 5.90. The number of nitrogens with one attached hydrogen (secondary N) is 2. The Morgan fingerprint density at radius 1 is 1.12 bits per heavy atom. The summed E-state index contributed by atoms with van der Waals surface area (Å²) in [6.07, 6.45) is 2.22. The average Bonchev–Trinajstić information content (AvgIpc) is 3.18. The summed E-state index contributed by atoms with van der Waals surface area (Å²) in [5.41, 5.74) is 1.83. The van der Waals surface area contributed by atoms with E-state index in [0.717, 1.165) is 43.1 Å². The van der Waals surface area contributed by atoms with Crippen LogP contribution in [0.5, 0.6) is 0 Å². The summed E-state index contributed by atoms with van der Waals surface area (Å²) in [6, 6.07) is 5.35. The van der Waals surface area contributed by atoms with Gasteiger partial charge in [-0.05, 0) is 38.0 Å². The number of rotatable bonds is 3. The number of hydrogen-bond donors (Lipinski definition) is 2. The van der Waals surface area contributed by atoms with Gasteiger partial charge in [0.05, 0.1) is 11.1 Å². The number of H-pyrrole nitrogens is 1. The van der Waals surface area contributed by atoms with Crippen LogP contribution in [0.4, 0.5) is 26.2 Å². The number of anilines is 3. The molecule has 0 bridgehead atoms. The molecule has 0 saturated carbocycles. The minimum absolute atomic E-state index is 0.183. The van der Waals surface area contributed by atoms with Crippen molar-refractivity contribution in [2.45, 2.75) is 19.8 Å². The molecule has 2 aromatic heterocycles. The Bertz CT molecular complexity index is 899. The molecule has 7 heteroatoms. The van der Waals surface area contributed by atoms with Crippen LogP contribution >= 0.6 is 0 Å². The van der Waals surface area contributed by atoms with E-state index < -0.39 is 11.6 Å². The van der Waals surface area contributed by atoms with Crippen LogP contribution in [0.1, 0.15) is 18.5 Å². The van der Waals surface area contributed by atoms with Crippen molar-refractivity contribution in [3.63, 3.8) is 0 Å². The minimum atomic E-state index is -0.656. The van der Waals surface area contributed by atoms with Crippen molar-refractivity contribution in [2.24, 2.45) is 0 Å². The zero-order valence-corrected chi connectivity index (χ0v) is 13.2. The lowest BCUT2D eigenvalue weighted by atomic mass is 10.2. The standard InChI is InChI=1S/C17H17F2N5/c1-10-8-12-15(20-10)22-17(24-6-2-3-7-24)23-16(12)21-14-5-4-11(18)9-13(14)19/h4-5,8-9H,2-3,6-7H2,1H3,(H2,20,21,22,23). The van der Waals surface area contributed by atoms with E-state index in [0.29, 0.717) is 17.4 Å². The number of benzene rings is 1. The number of fused-ring (bicyclic) bond motifs is 1. The molecule has 4 rings (SSSR count). The Morgan fingerprint density at radius 2 is 1.92 bits per heavy atom. The van der Waals surface area contributed by atoms with Gasteiger partial charge in [-0.1, -0.05) is 0 Å². The molecule has 3 aromatic rings. The lowest BCUT2D eigenvalue weighted by Crippen LogP contribution is -2.20. The van der Waals surface area contributed by atoms with Crippen LogP contribution in [-0.4, -0.2) is 28.0 Å². The summed E-state index contributed by atoms with van der Waals surface area (Å²) >= 11 is 0. The van der Waals surface area contributed by atoms with Crippen LogP contribution in [0, 0.1) is 18.6 Å². The molecule has 0 atom stereocenters. The molecule has 0 spiro atoms. The Morgan fingerprint density at radius 3 is 2.67 bits per heavy atom. The van der Waals surface area contributed by atoms with Gasteiger partial charge in [-0.3, -0.25) is 0 Å². The van der Waals surface area contributed by atoms with E-state index in [9.17, 15) is 8.78 Å². The van der Waals surface area contributed by atoms with E-state index >= 15 is 0 Å². The van der Waals surface area contributed by atoms with Crippen LogP contribution in [0.2, 0.25) is 0 Å². The Kier molecular flexibility index (Phi) is 3.55. The lowest BCUT2D eigenvalue weighted by Gasteiger charge is -2.17. The van der Waals surface area contributed by atoms with Crippen molar-refractivity contribution in [1.29, 1.82) is 0 Å². The van der Waals surface area contributed by atoms with Crippen molar-refractivity contribution in [2.75, 3.05) is 23.3 Å². The van der Waals surface area contributed by atoms with E-state index in [1.807, 2.05) is 13.0 Å². The molecule has 0 amide bonds. The monoisotopic (exact) mass is 329 g/mol. The minimum Gasteiger partial charge on any atom is -0.343 e. The molecule has 5 nitrogen and oxygen atoms in total. The van der Waals surface area contributed by atoms with Gasteiger partial charge in [-0.25, -0.2) is 8.78 Å². The zero-order chi connectivity index (χ0) is 16.7. The average molecular weight is 329 g/mol. The van der Waals surface area contributed by atoms with E-state index in [4.69, 9.17) is 0 Å². The largest absolute Gasteiger partial charge is 0.343 e. The van der Waals surface area contributed by atoms with Crippen molar-refractivity contribution in [3.05, 3.63) is 41.6 Å². The molecule has 1 aliphatic rings. The topological polar surface area (TPSA) is 56.8 Å². The molecular formula is C17H17F2N5. The van der Waals surface area contributed by atoms with Gasteiger partial charge in [0.15, 0.2) is 0 Å². The first-order valence-electron chi connectivity index (χ1n) is 7.94. The van der Waals surface area contributed by atoms with Gasteiger partial charge in [0.2, 0.25) is 5.95 Å². The van der Waals surface area contributed by atoms with E-state index in [2.05, 4.69) is 25.2 Å². The van der Waals surface area contributed by atoms with Gasteiger partial charge in [0.25, 0.3) is 0 Å². The summed E-state index contributed by atoms with van der Waals surface area (Å²) < 4.78 is 27.1. The smallest absolute Gasteiger partial charge is 0.229 e. The lowest BCUT2D eigenvalue weighted by molar-refractivity contribution is 0.586. The molecule has 0 radical (unpaired) electrons. The van der Waals surface area contributed by atoms with E-state index in [-0.39, 0.29) is 5.69 Å². The maximum atomic E-state index is 14.0. The molecule has 1 fully saturated rings. The van der Waals surface area contributed by atoms with Crippen molar-refractivity contribution in [1.82, 2.24) is 15.0 Å². The normalized spacial score (nSPS) is 14.5. The third-order valence-corrected chi connectivity index (χ3v) is 4.18. The zero-order valence-electron chi connectivity index (χ0n) is 13.2. The number of aryl methyl sites for hydroxylation is 1. The number of aromatic nitrogens is 3. The summed E-state index contributed by atoms with van der Waals surface area (Å²) in [6.45, 7) is 3.75. The van der Waals surface area contributed by atoms with Crippen LogP contribution in [0.3, 0.4) is 0 Å². The number of aromatic amines is 1. The quantitative estimate of drug-likeness (QED) is 0.765. The van der Waals surface area contributed by atoms with Crippen molar-refractivity contribution in [3.8, 4) is 0 Å². The van der Waals surface area contributed by atoms with E-state index in [1.54, 1.807) is 0 Å². The summed E-state index contributed by atoms with van der Waals surface area (Å²) in [5.74, 6) is -0.138. The summed E-state index contributed by atoms with van der Waals surface area (Å²) in [4.78, 5) is 14.5. The second-order valence-corrected chi connectivity index (χ2v) is 6.03. The molecular weight excluding hydrogens is 312 g/mol. The van der Waals surface area contributed by atoms with Crippen molar-refractivity contribution >= 4 is 28.5 Å². The Hall–Kier alpha value is -2.70. The summed E-state index contributed by atoms with van der Waals surface area (Å²) in [5, 5.41) is 3.76. The highest BCUT2D eigenvalue weighted by atomic mass is 19.1. The Labute approximate surface area is 137 Å².